The normalized spacial score (nSPS) is 10.6. The lowest BCUT2D eigenvalue weighted by molar-refractivity contribution is -0.118. The van der Waals surface area contributed by atoms with E-state index < -0.39 is 5.91 Å². The zero-order valence-corrected chi connectivity index (χ0v) is 9.87. The highest BCUT2D eigenvalue weighted by Gasteiger charge is 2.20. The first-order valence-electron chi connectivity index (χ1n) is 4.98. The summed E-state index contributed by atoms with van der Waals surface area (Å²) in [5.74, 6) is -0.943. The molecule has 0 saturated carbocycles. The van der Waals surface area contributed by atoms with Crippen LogP contribution in [0.5, 0.6) is 0 Å². The van der Waals surface area contributed by atoms with Crippen molar-refractivity contribution in [1.82, 2.24) is 9.78 Å². The lowest BCUT2D eigenvalue weighted by Gasteiger charge is -2.08. The summed E-state index contributed by atoms with van der Waals surface area (Å²) in [6.45, 7) is 5.25. The average Bonchev–Trinajstić information content (AvgIpc) is 2.41. The molecule has 0 atom stereocenters. The number of aryl methyl sites for hydroxylation is 2. The molecule has 6 heteroatoms. The van der Waals surface area contributed by atoms with E-state index in [0.29, 0.717) is 11.4 Å². The highest BCUT2D eigenvalue weighted by molar-refractivity contribution is 6.02. The number of primary amides is 1. The van der Waals surface area contributed by atoms with E-state index in [4.69, 9.17) is 5.73 Å². The summed E-state index contributed by atoms with van der Waals surface area (Å²) in [4.78, 5) is 22.8. The van der Waals surface area contributed by atoms with Crippen molar-refractivity contribution in [2.75, 3.05) is 5.32 Å². The summed E-state index contributed by atoms with van der Waals surface area (Å²) in [6, 6.07) is 0. The number of aromatic nitrogens is 2. The van der Waals surface area contributed by atoms with E-state index in [2.05, 4.69) is 10.4 Å². The summed E-state index contributed by atoms with van der Waals surface area (Å²) >= 11 is 0. The smallest absolute Gasteiger partial charge is 0.269 e. The summed E-state index contributed by atoms with van der Waals surface area (Å²) < 4.78 is 1.37. The van der Waals surface area contributed by atoms with Crippen molar-refractivity contribution in [1.29, 1.82) is 0 Å². The van der Waals surface area contributed by atoms with Crippen molar-refractivity contribution in [3.8, 4) is 0 Å². The van der Waals surface area contributed by atoms with Crippen LogP contribution in [0.25, 0.3) is 0 Å². The maximum absolute atomic E-state index is 11.5. The van der Waals surface area contributed by atoms with Gasteiger partial charge in [-0.2, -0.15) is 5.10 Å². The van der Waals surface area contributed by atoms with Gasteiger partial charge in [0.05, 0.1) is 11.4 Å². The molecule has 0 spiro atoms. The lowest BCUT2D eigenvalue weighted by atomic mass is 10.2. The molecule has 1 heterocycles. The molecule has 1 aromatic heterocycles. The summed E-state index contributed by atoms with van der Waals surface area (Å²) in [6.07, 6.45) is 0. The molecule has 1 aromatic rings. The van der Waals surface area contributed by atoms with Gasteiger partial charge in [0, 0.05) is 13.0 Å². The van der Waals surface area contributed by atoms with Crippen LogP contribution in [0.3, 0.4) is 0 Å². The standard InChI is InChI=1S/C10H16N4O2/c1-5(2)10(16)12-7-6(3)13-14(4)8(7)9(11)15/h5H,1-4H3,(H2,11,15)(H,12,16). The Labute approximate surface area is 93.8 Å². The van der Waals surface area contributed by atoms with Crippen LogP contribution in [0.15, 0.2) is 0 Å². The third-order valence-corrected chi connectivity index (χ3v) is 2.23. The maximum atomic E-state index is 11.5. The van der Waals surface area contributed by atoms with Crippen LogP contribution in [-0.2, 0) is 11.8 Å². The predicted octanol–water partition coefficient (Wildman–Crippen LogP) is 0.422. The van der Waals surface area contributed by atoms with Crippen LogP contribution < -0.4 is 11.1 Å². The van der Waals surface area contributed by atoms with E-state index in [1.807, 2.05) is 0 Å². The van der Waals surface area contributed by atoms with Crippen molar-refractivity contribution in [2.45, 2.75) is 20.8 Å². The summed E-state index contributed by atoms with van der Waals surface area (Å²) in [5, 5.41) is 6.70. The molecule has 6 nitrogen and oxygen atoms in total. The van der Waals surface area contributed by atoms with E-state index in [1.54, 1.807) is 27.8 Å². The Kier molecular flexibility index (Phi) is 3.31. The van der Waals surface area contributed by atoms with Crippen LogP contribution in [0.2, 0.25) is 0 Å². The molecule has 0 fully saturated rings. The number of anilines is 1. The fourth-order valence-corrected chi connectivity index (χ4v) is 1.36. The van der Waals surface area contributed by atoms with Crippen LogP contribution in [0.4, 0.5) is 5.69 Å². The molecule has 0 radical (unpaired) electrons. The highest BCUT2D eigenvalue weighted by atomic mass is 16.2. The highest BCUT2D eigenvalue weighted by Crippen LogP contribution is 2.19. The van der Waals surface area contributed by atoms with E-state index in [1.165, 1.54) is 4.68 Å². The Balaban J connectivity index is 3.13. The SMILES string of the molecule is Cc1nn(C)c(C(N)=O)c1NC(=O)C(C)C. The van der Waals surface area contributed by atoms with Gasteiger partial charge in [-0.1, -0.05) is 13.8 Å². The minimum atomic E-state index is -0.609. The van der Waals surface area contributed by atoms with Crippen molar-refractivity contribution < 1.29 is 9.59 Å². The second-order valence-corrected chi connectivity index (χ2v) is 3.94. The number of nitrogens with two attached hydrogens (primary N) is 1. The number of amides is 2. The zero-order valence-electron chi connectivity index (χ0n) is 9.87. The van der Waals surface area contributed by atoms with E-state index in [9.17, 15) is 9.59 Å². The Morgan fingerprint density at radius 1 is 1.44 bits per heavy atom. The van der Waals surface area contributed by atoms with Gasteiger partial charge in [0.2, 0.25) is 5.91 Å². The van der Waals surface area contributed by atoms with E-state index >= 15 is 0 Å². The number of carbonyl (C=O) groups excluding carboxylic acids is 2. The third kappa shape index (κ3) is 2.21. The van der Waals surface area contributed by atoms with Crippen molar-refractivity contribution >= 4 is 17.5 Å². The minimum Gasteiger partial charge on any atom is -0.364 e. The largest absolute Gasteiger partial charge is 0.364 e. The molecule has 0 aromatic carbocycles. The Bertz CT molecular complexity index is 434. The minimum absolute atomic E-state index is 0.166. The van der Waals surface area contributed by atoms with E-state index in [-0.39, 0.29) is 17.5 Å². The third-order valence-electron chi connectivity index (χ3n) is 2.23. The molecular formula is C10H16N4O2. The number of rotatable bonds is 3. The van der Waals surface area contributed by atoms with Crippen LogP contribution in [0, 0.1) is 12.8 Å². The molecule has 0 aliphatic carbocycles. The van der Waals surface area contributed by atoms with Crippen LogP contribution in [0.1, 0.15) is 30.0 Å². The monoisotopic (exact) mass is 224 g/mol. The maximum Gasteiger partial charge on any atom is 0.269 e. The molecular weight excluding hydrogens is 208 g/mol. The van der Waals surface area contributed by atoms with Gasteiger partial charge in [-0.05, 0) is 6.92 Å². The first kappa shape index (κ1) is 12.2. The second-order valence-electron chi connectivity index (χ2n) is 3.94. The van der Waals surface area contributed by atoms with Gasteiger partial charge in [0.25, 0.3) is 5.91 Å². The molecule has 2 amide bonds. The quantitative estimate of drug-likeness (QED) is 0.779. The number of hydrogen-bond acceptors (Lipinski definition) is 3. The zero-order chi connectivity index (χ0) is 12.5. The van der Waals surface area contributed by atoms with Crippen LogP contribution in [-0.4, -0.2) is 21.6 Å². The van der Waals surface area contributed by atoms with Gasteiger partial charge in [-0.25, -0.2) is 0 Å². The topological polar surface area (TPSA) is 90.0 Å². The Morgan fingerprint density at radius 3 is 2.44 bits per heavy atom. The number of nitrogens with zero attached hydrogens (tertiary/aromatic N) is 2. The van der Waals surface area contributed by atoms with Crippen molar-refractivity contribution in [2.24, 2.45) is 18.7 Å². The molecule has 0 bridgehead atoms. The van der Waals surface area contributed by atoms with Gasteiger partial charge in [-0.15, -0.1) is 0 Å². The summed E-state index contributed by atoms with van der Waals surface area (Å²) in [7, 11) is 1.61. The fourth-order valence-electron chi connectivity index (χ4n) is 1.36. The summed E-state index contributed by atoms with van der Waals surface area (Å²) in [5.41, 5.74) is 6.42. The fraction of sp³-hybridized carbons (Fsp3) is 0.500. The van der Waals surface area contributed by atoms with Gasteiger partial charge in [0.1, 0.15) is 5.69 Å². The lowest BCUT2D eigenvalue weighted by Crippen LogP contribution is -2.22. The molecule has 0 aliphatic heterocycles. The molecule has 1 rings (SSSR count). The van der Waals surface area contributed by atoms with Gasteiger partial charge < -0.3 is 11.1 Å². The number of carbonyl (C=O) groups is 2. The first-order chi connectivity index (χ1) is 7.34. The van der Waals surface area contributed by atoms with Crippen LogP contribution >= 0.6 is 0 Å². The van der Waals surface area contributed by atoms with Gasteiger partial charge in [-0.3, -0.25) is 14.3 Å². The molecule has 88 valence electrons. The molecule has 0 unspecified atom stereocenters. The van der Waals surface area contributed by atoms with Gasteiger partial charge >= 0.3 is 0 Å². The molecule has 0 saturated heterocycles. The first-order valence-corrected chi connectivity index (χ1v) is 4.98. The predicted molar refractivity (Wildman–Crippen MR) is 59.9 cm³/mol. The Hall–Kier alpha value is -1.85. The molecule has 3 N–H and O–H groups in total. The molecule has 16 heavy (non-hydrogen) atoms. The second kappa shape index (κ2) is 4.34. The number of nitrogens with one attached hydrogen (secondary N) is 1. The van der Waals surface area contributed by atoms with E-state index in [0.717, 1.165) is 0 Å². The van der Waals surface area contributed by atoms with Crippen molar-refractivity contribution in [3.05, 3.63) is 11.4 Å². The average molecular weight is 224 g/mol. The van der Waals surface area contributed by atoms with Gasteiger partial charge in [0.15, 0.2) is 0 Å². The number of hydrogen-bond donors (Lipinski definition) is 2. The Morgan fingerprint density at radius 2 is 2.00 bits per heavy atom. The van der Waals surface area contributed by atoms with Crippen molar-refractivity contribution in [3.63, 3.8) is 0 Å². The molecule has 0 aliphatic rings.